The maximum Gasteiger partial charge on any atom is 0.236 e. The van der Waals surface area contributed by atoms with E-state index in [4.69, 9.17) is 4.74 Å². The summed E-state index contributed by atoms with van der Waals surface area (Å²) in [5, 5.41) is 6.89. The molecule has 2 aliphatic rings. The molecule has 2 fully saturated rings. The highest BCUT2D eigenvalue weighted by molar-refractivity contribution is 5.59. The number of nitrogens with one attached hydrogen (secondary N) is 2. The zero-order valence-corrected chi connectivity index (χ0v) is 20.7. The molecule has 2 heterocycles. The molecule has 1 aromatic carbocycles. The van der Waals surface area contributed by atoms with Gasteiger partial charge in [0.1, 0.15) is 0 Å². The molecule has 0 bridgehead atoms. The van der Waals surface area contributed by atoms with E-state index in [1.165, 1.54) is 58.1 Å². The van der Waals surface area contributed by atoms with E-state index in [9.17, 15) is 4.39 Å². The molecule has 2 N–H and O–H groups in total. The van der Waals surface area contributed by atoms with E-state index < -0.39 is 5.82 Å². The maximum absolute atomic E-state index is 14.3. The molecular weight excluding hydrogens is 433 g/mol. The van der Waals surface area contributed by atoms with E-state index in [1.807, 2.05) is 7.05 Å². The highest BCUT2D eigenvalue weighted by atomic mass is 19.1. The molecule has 0 amide bonds. The number of aromatic nitrogens is 3. The Morgan fingerprint density at radius 1 is 1.03 bits per heavy atom. The van der Waals surface area contributed by atoms with Gasteiger partial charge in [-0.1, -0.05) is 26.2 Å². The summed E-state index contributed by atoms with van der Waals surface area (Å²) < 4.78 is 19.4. The Bertz CT molecular complexity index is 937. The molecule has 1 saturated heterocycles. The largest absolute Gasteiger partial charge is 0.494 e. The van der Waals surface area contributed by atoms with Gasteiger partial charge in [0.05, 0.1) is 7.11 Å². The third-order valence-electron chi connectivity index (χ3n) is 7.12. The molecule has 0 radical (unpaired) electrons. The number of anilines is 4. The number of methoxy groups -OCH3 is 1. The molecule has 4 rings (SSSR count). The maximum atomic E-state index is 14.3. The van der Waals surface area contributed by atoms with Gasteiger partial charge in [0, 0.05) is 37.9 Å². The lowest BCUT2D eigenvalue weighted by Crippen LogP contribution is -2.35. The fourth-order valence-corrected chi connectivity index (χ4v) is 5.03. The summed E-state index contributed by atoms with van der Waals surface area (Å²) in [6.45, 7) is 6.05. The van der Waals surface area contributed by atoms with Crippen LogP contribution in [-0.4, -0.2) is 66.2 Å². The second-order valence-electron chi connectivity index (χ2n) is 9.35. The highest BCUT2D eigenvalue weighted by Gasteiger charge is 2.23. The highest BCUT2D eigenvalue weighted by Crippen LogP contribution is 2.28. The third kappa shape index (κ3) is 6.05. The molecule has 1 atom stereocenters. The van der Waals surface area contributed by atoms with E-state index in [0.717, 1.165) is 26.2 Å². The van der Waals surface area contributed by atoms with Crippen LogP contribution in [0, 0.1) is 11.7 Å². The number of hydrogen-bond donors (Lipinski definition) is 2. The molecule has 1 aliphatic carbocycles. The number of hydrogen-bond acceptors (Lipinski definition) is 8. The van der Waals surface area contributed by atoms with Crippen molar-refractivity contribution in [2.75, 3.05) is 55.9 Å². The van der Waals surface area contributed by atoms with Crippen LogP contribution in [0.4, 0.5) is 27.9 Å². The van der Waals surface area contributed by atoms with Crippen molar-refractivity contribution >= 4 is 23.5 Å². The Balaban J connectivity index is 1.53. The minimum atomic E-state index is -0.421. The molecular formula is C25H38FN7O. The predicted octanol–water partition coefficient (Wildman–Crippen LogP) is 4.68. The van der Waals surface area contributed by atoms with Gasteiger partial charge in [-0.05, 0) is 56.8 Å². The van der Waals surface area contributed by atoms with Gasteiger partial charge in [0.2, 0.25) is 17.8 Å². The van der Waals surface area contributed by atoms with Gasteiger partial charge in [-0.3, -0.25) is 4.90 Å². The Labute approximate surface area is 202 Å². The molecule has 1 aliphatic heterocycles. The Morgan fingerprint density at radius 2 is 1.76 bits per heavy atom. The molecule has 1 saturated carbocycles. The number of likely N-dealkylation sites (tertiary alicyclic amines) is 1. The zero-order valence-electron chi connectivity index (χ0n) is 20.7. The fourth-order valence-electron chi connectivity index (χ4n) is 5.03. The summed E-state index contributed by atoms with van der Waals surface area (Å²) in [6, 6.07) is 5.33. The minimum absolute atomic E-state index is 0.210. The van der Waals surface area contributed by atoms with Gasteiger partial charge in [0.15, 0.2) is 11.6 Å². The van der Waals surface area contributed by atoms with Crippen LogP contribution in [0.5, 0.6) is 5.75 Å². The third-order valence-corrected chi connectivity index (χ3v) is 7.12. The van der Waals surface area contributed by atoms with Crippen LogP contribution < -0.4 is 20.3 Å². The summed E-state index contributed by atoms with van der Waals surface area (Å²) in [5.74, 6) is 2.00. The fraction of sp³-hybridized carbons (Fsp3) is 0.640. The van der Waals surface area contributed by atoms with E-state index >= 15 is 0 Å². The van der Waals surface area contributed by atoms with Crippen LogP contribution in [0.1, 0.15) is 51.9 Å². The smallest absolute Gasteiger partial charge is 0.236 e. The molecule has 186 valence electrons. The van der Waals surface area contributed by atoms with Gasteiger partial charge >= 0.3 is 0 Å². The Kier molecular flexibility index (Phi) is 8.37. The second kappa shape index (κ2) is 11.6. The standard InChI is InChI=1S/C25H38FN7O/c1-4-33-14-8-11-20(33)17-28-24-29-23(27-16-18-9-6-5-7-10-18)30-25(31-24)32(2)19-12-13-22(34-3)21(26)15-19/h12-13,15,18,20H,4-11,14,16-17H2,1-3H3,(H2,27,28,29,30,31). The second-order valence-corrected chi connectivity index (χ2v) is 9.35. The van der Waals surface area contributed by atoms with Crippen LogP contribution in [0.25, 0.3) is 0 Å². The van der Waals surface area contributed by atoms with Crippen LogP contribution in [-0.2, 0) is 0 Å². The van der Waals surface area contributed by atoms with E-state index in [0.29, 0.717) is 35.5 Å². The lowest BCUT2D eigenvalue weighted by molar-refractivity contribution is 0.277. The van der Waals surface area contributed by atoms with E-state index in [1.54, 1.807) is 17.0 Å². The molecule has 1 aromatic heterocycles. The SMILES string of the molecule is CCN1CCCC1CNc1nc(NCC2CCCCC2)nc(N(C)c2ccc(OC)c(F)c2)n1. The zero-order chi connectivity index (χ0) is 23.9. The van der Waals surface area contributed by atoms with Gasteiger partial charge in [-0.15, -0.1) is 0 Å². The molecule has 0 spiro atoms. The van der Waals surface area contributed by atoms with Crippen LogP contribution in [0.15, 0.2) is 18.2 Å². The van der Waals surface area contributed by atoms with Crippen LogP contribution in [0.3, 0.4) is 0 Å². The quantitative estimate of drug-likeness (QED) is 0.517. The van der Waals surface area contributed by atoms with Gasteiger partial charge in [-0.25, -0.2) is 4.39 Å². The van der Waals surface area contributed by atoms with Gasteiger partial charge in [-0.2, -0.15) is 15.0 Å². The predicted molar refractivity (Wildman–Crippen MR) is 135 cm³/mol. The van der Waals surface area contributed by atoms with Crippen LogP contribution in [0.2, 0.25) is 0 Å². The summed E-state index contributed by atoms with van der Waals surface area (Å²) >= 11 is 0. The van der Waals surface area contributed by atoms with Crippen molar-refractivity contribution in [3.63, 3.8) is 0 Å². The first-order valence-corrected chi connectivity index (χ1v) is 12.6. The number of benzene rings is 1. The lowest BCUT2D eigenvalue weighted by Gasteiger charge is -2.24. The normalized spacial score (nSPS) is 19.2. The Hall–Kier alpha value is -2.68. The lowest BCUT2D eigenvalue weighted by atomic mass is 9.89. The Morgan fingerprint density at radius 3 is 2.44 bits per heavy atom. The van der Waals surface area contributed by atoms with Crippen molar-refractivity contribution < 1.29 is 9.13 Å². The number of ether oxygens (including phenoxy) is 1. The summed E-state index contributed by atoms with van der Waals surface area (Å²) in [7, 11) is 3.29. The summed E-state index contributed by atoms with van der Waals surface area (Å²) in [6.07, 6.45) is 8.81. The molecule has 1 unspecified atom stereocenters. The molecule has 9 heteroatoms. The topological polar surface area (TPSA) is 78.4 Å². The van der Waals surface area contributed by atoms with Crippen molar-refractivity contribution in [2.24, 2.45) is 5.92 Å². The number of rotatable bonds is 10. The number of likely N-dealkylation sites (N-methyl/N-ethyl adjacent to an activating group) is 1. The first-order valence-electron chi connectivity index (χ1n) is 12.6. The average Bonchev–Trinajstić information content (AvgIpc) is 3.34. The number of nitrogens with zero attached hydrogens (tertiary/aromatic N) is 5. The summed E-state index contributed by atoms with van der Waals surface area (Å²) in [4.78, 5) is 18.3. The molecule has 2 aromatic rings. The van der Waals surface area contributed by atoms with Crippen molar-refractivity contribution in [1.82, 2.24) is 19.9 Å². The van der Waals surface area contributed by atoms with Crippen molar-refractivity contribution in [2.45, 2.75) is 57.9 Å². The monoisotopic (exact) mass is 471 g/mol. The molecule has 34 heavy (non-hydrogen) atoms. The molecule has 8 nitrogen and oxygen atoms in total. The summed E-state index contributed by atoms with van der Waals surface area (Å²) in [5.41, 5.74) is 0.640. The van der Waals surface area contributed by atoms with Gasteiger partial charge in [0.25, 0.3) is 0 Å². The van der Waals surface area contributed by atoms with E-state index in [2.05, 4.69) is 37.4 Å². The van der Waals surface area contributed by atoms with E-state index in [-0.39, 0.29) is 5.75 Å². The van der Waals surface area contributed by atoms with Crippen molar-refractivity contribution in [3.05, 3.63) is 24.0 Å². The first-order chi connectivity index (χ1) is 16.6. The van der Waals surface area contributed by atoms with Gasteiger partial charge < -0.3 is 20.3 Å². The minimum Gasteiger partial charge on any atom is -0.494 e. The van der Waals surface area contributed by atoms with Crippen molar-refractivity contribution in [1.29, 1.82) is 0 Å². The van der Waals surface area contributed by atoms with Crippen molar-refractivity contribution in [3.8, 4) is 5.75 Å². The average molecular weight is 472 g/mol. The van der Waals surface area contributed by atoms with Crippen LogP contribution >= 0.6 is 0 Å². The number of halogens is 1. The first kappa shape index (κ1) is 24.4.